The lowest BCUT2D eigenvalue weighted by molar-refractivity contribution is 0.565. The van der Waals surface area contributed by atoms with Crippen molar-refractivity contribution in [2.24, 2.45) is 0 Å². The molecule has 0 N–H and O–H groups in total. The van der Waals surface area contributed by atoms with E-state index in [1.54, 1.807) is 18.6 Å². The summed E-state index contributed by atoms with van der Waals surface area (Å²) in [5.41, 5.74) is 2.19. The van der Waals surface area contributed by atoms with Crippen LogP contribution in [0.1, 0.15) is 18.3 Å². The first-order valence-corrected chi connectivity index (χ1v) is 7.02. The molecule has 0 radical (unpaired) electrons. The van der Waals surface area contributed by atoms with Gasteiger partial charge in [-0.25, -0.2) is 13.9 Å². The van der Waals surface area contributed by atoms with Crippen LogP contribution in [0, 0.1) is 6.92 Å². The Balaban J connectivity index is 2.10. The Labute approximate surface area is 123 Å². The van der Waals surface area contributed by atoms with Crippen molar-refractivity contribution in [1.29, 1.82) is 0 Å². The van der Waals surface area contributed by atoms with Crippen molar-refractivity contribution in [2.75, 3.05) is 0 Å². The SMILES string of the molecule is CCn1nc(C)c(Br)c1Cn1nc2cnccn2c1=O. The molecule has 0 aliphatic heterocycles. The lowest BCUT2D eigenvalue weighted by Crippen LogP contribution is -2.23. The van der Waals surface area contributed by atoms with Gasteiger partial charge in [0.15, 0.2) is 5.65 Å². The van der Waals surface area contributed by atoms with Crippen molar-refractivity contribution < 1.29 is 0 Å². The lowest BCUT2D eigenvalue weighted by Gasteiger charge is -2.04. The van der Waals surface area contributed by atoms with Crippen LogP contribution in [-0.4, -0.2) is 28.9 Å². The largest absolute Gasteiger partial charge is 0.350 e. The average molecular weight is 337 g/mol. The highest BCUT2D eigenvalue weighted by atomic mass is 79.9. The Morgan fingerprint density at radius 3 is 2.80 bits per heavy atom. The van der Waals surface area contributed by atoms with Gasteiger partial charge in [-0.2, -0.15) is 5.10 Å². The van der Waals surface area contributed by atoms with Gasteiger partial charge in [0.25, 0.3) is 0 Å². The van der Waals surface area contributed by atoms with Gasteiger partial charge < -0.3 is 0 Å². The summed E-state index contributed by atoms with van der Waals surface area (Å²) in [7, 11) is 0. The molecule has 0 aromatic carbocycles. The third-order valence-electron chi connectivity index (χ3n) is 3.14. The summed E-state index contributed by atoms with van der Waals surface area (Å²) in [6.07, 6.45) is 4.74. The first-order valence-electron chi connectivity index (χ1n) is 6.22. The van der Waals surface area contributed by atoms with Crippen LogP contribution < -0.4 is 5.69 Å². The predicted molar refractivity (Wildman–Crippen MR) is 76.7 cm³/mol. The lowest BCUT2D eigenvalue weighted by atomic mass is 10.3. The molecule has 0 aliphatic carbocycles. The molecule has 0 amide bonds. The predicted octanol–water partition coefficient (Wildman–Crippen LogP) is 1.23. The number of rotatable bonds is 3. The smallest absolute Gasteiger partial charge is 0.267 e. The first-order chi connectivity index (χ1) is 9.61. The molecule has 104 valence electrons. The van der Waals surface area contributed by atoms with E-state index in [-0.39, 0.29) is 5.69 Å². The Morgan fingerprint density at radius 2 is 2.10 bits per heavy atom. The molecule has 0 saturated carbocycles. The van der Waals surface area contributed by atoms with Gasteiger partial charge in [0, 0.05) is 18.9 Å². The van der Waals surface area contributed by atoms with Crippen molar-refractivity contribution in [3.63, 3.8) is 0 Å². The van der Waals surface area contributed by atoms with E-state index < -0.39 is 0 Å². The summed E-state index contributed by atoms with van der Waals surface area (Å²) < 4.78 is 5.68. The molecular weight excluding hydrogens is 324 g/mol. The van der Waals surface area contributed by atoms with Gasteiger partial charge in [-0.15, -0.1) is 5.10 Å². The van der Waals surface area contributed by atoms with Gasteiger partial charge in [0.2, 0.25) is 0 Å². The topological polar surface area (TPSA) is 70.0 Å². The highest BCUT2D eigenvalue weighted by molar-refractivity contribution is 9.10. The summed E-state index contributed by atoms with van der Waals surface area (Å²) in [6.45, 7) is 5.05. The highest BCUT2D eigenvalue weighted by Crippen LogP contribution is 2.21. The van der Waals surface area contributed by atoms with Crippen LogP contribution in [0.3, 0.4) is 0 Å². The monoisotopic (exact) mass is 336 g/mol. The molecule has 0 fully saturated rings. The second kappa shape index (κ2) is 4.86. The van der Waals surface area contributed by atoms with Crippen molar-refractivity contribution in [1.82, 2.24) is 28.9 Å². The summed E-state index contributed by atoms with van der Waals surface area (Å²) >= 11 is 3.52. The van der Waals surface area contributed by atoms with Gasteiger partial charge in [-0.3, -0.25) is 9.67 Å². The minimum absolute atomic E-state index is 0.184. The van der Waals surface area contributed by atoms with Gasteiger partial charge in [0.1, 0.15) is 0 Å². The molecule has 3 aromatic rings. The van der Waals surface area contributed by atoms with Gasteiger partial charge >= 0.3 is 5.69 Å². The summed E-state index contributed by atoms with van der Waals surface area (Å²) in [6, 6.07) is 0. The third-order valence-corrected chi connectivity index (χ3v) is 4.17. The number of hydrogen-bond donors (Lipinski definition) is 0. The standard InChI is InChI=1S/C12H13BrN6O/c1-3-18-9(11(13)8(2)15-18)7-19-12(20)17-5-4-14-6-10(17)16-19/h4-6H,3,7H2,1-2H3. The second-order valence-corrected chi connectivity index (χ2v) is 5.20. The quantitative estimate of drug-likeness (QED) is 0.721. The maximum absolute atomic E-state index is 12.2. The maximum atomic E-state index is 12.2. The number of fused-ring (bicyclic) bond motifs is 1. The second-order valence-electron chi connectivity index (χ2n) is 4.41. The fourth-order valence-corrected chi connectivity index (χ4v) is 2.55. The van der Waals surface area contributed by atoms with Crippen molar-refractivity contribution >= 4 is 21.6 Å². The Morgan fingerprint density at radius 1 is 1.30 bits per heavy atom. The molecule has 8 heteroatoms. The molecule has 0 atom stereocenters. The van der Waals surface area contributed by atoms with Crippen LogP contribution >= 0.6 is 15.9 Å². The van der Waals surface area contributed by atoms with Crippen LogP contribution in [-0.2, 0) is 13.1 Å². The molecule has 0 bridgehead atoms. The van der Waals surface area contributed by atoms with E-state index >= 15 is 0 Å². The van der Waals surface area contributed by atoms with E-state index in [0.29, 0.717) is 12.2 Å². The molecule has 0 aliphatic rings. The molecular formula is C12H13BrN6O. The molecule has 3 rings (SSSR count). The fraction of sp³-hybridized carbons (Fsp3) is 0.333. The average Bonchev–Trinajstić information content (AvgIpc) is 2.92. The van der Waals surface area contributed by atoms with Crippen molar-refractivity contribution in [3.8, 4) is 0 Å². The molecule has 0 spiro atoms. The molecule has 7 nitrogen and oxygen atoms in total. The van der Waals surface area contributed by atoms with Gasteiger partial charge in [-0.05, 0) is 29.8 Å². The molecule has 0 saturated heterocycles. The number of aromatic nitrogens is 6. The number of halogens is 1. The molecule has 0 unspecified atom stereocenters. The normalized spacial score (nSPS) is 11.3. The van der Waals surface area contributed by atoms with Crippen LogP contribution in [0.5, 0.6) is 0 Å². The first kappa shape index (κ1) is 13.0. The number of aryl methyl sites for hydroxylation is 2. The van der Waals surface area contributed by atoms with Crippen LogP contribution in [0.25, 0.3) is 5.65 Å². The van der Waals surface area contributed by atoms with E-state index in [0.717, 1.165) is 22.4 Å². The fourth-order valence-electron chi connectivity index (χ4n) is 2.14. The number of nitrogens with zero attached hydrogens (tertiary/aromatic N) is 6. The Hall–Kier alpha value is -1.96. The minimum atomic E-state index is -0.184. The van der Waals surface area contributed by atoms with Crippen LogP contribution in [0.4, 0.5) is 0 Å². The summed E-state index contributed by atoms with van der Waals surface area (Å²) in [4.78, 5) is 16.2. The molecule has 3 heterocycles. The van der Waals surface area contributed by atoms with Crippen molar-refractivity contribution in [3.05, 3.63) is 44.9 Å². The highest BCUT2D eigenvalue weighted by Gasteiger charge is 2.15. The Kier molecular flexibility index (Phi) is 3.17. The maximum Gasteiger partial charge on any atom is 0.350 e. The Bertz CT molecular complexity index is 830. The third kappa shape index (κ3) is 1.96. The van der Waals surface area contributed by atoms with Crippen LogP contribution in [0.2, 0.25) is 0 Å². The van der Waals surface area contributed by atoms with E-state index in [4.69, 9.17) is 0 Å². The van der Waals surface area contributed by atoms with E-state index in [1.807, 2.05) is 18.5 Å². The van der Waals surface area contributed by atoms with Gasteiger partial charge in [0.05, 0.1) is 28.6 Å². The molecule has 20 heavy (non-hydrogen) atoms. The summed E-state index contributed by atoms with van der Waals surface area (Å²) in [5, 5.41) is 8.69. The van der Waals surface area contributed by atoms with Crippen LogP contribution in [0.15, 0.2) is 27.9 Å². The van der Waals surface area contributed by atoms with Gasteiger partial charge in [-0.1, -0.05) is 0 Å². The zero-order chi connectivity index (χ0) is 14.3. The minimum Gasteiger partial charge on any atom is -0.267 e. The number of hydrogen-bond acceptors (Lipinski definition) is 4. The zero-order valence-corrected chi connectivity index (χ0v) is 12.7. The zero-order valence-electron chi connectivity index (χ0n) is 11.1. The summed E-state index contributed by atoms with van der Waals surface area (Å²) in [5.74, 6) is 0. The van der Waals surface area contributed by atoms with E-state index in [9.17, 15) is 4.79 Å². The molecule has 3 aromatic heterocycles. The van der Waals surface area contributed by atoms with E-state index in [2.05, 4.69) is 31.1 Å². The van der Waals surface area contributed by atoms with E-state index in [1.165, 1.54) is 9.08 Å². The van der Waals surface area contributed by atoms with Crippen molar-refractivity contribution in [2.45, 2.75) is 26.9 Å².